The van der Waals surface area contributed by atoms with Crippen LogP contribution in [0.2, 0.25) is 5.15 Å². The molecule has 1 aliphatic carbocycles. The third-order valence-corrected chi connectivity index (χ3v) is 2.20. The van der Waals surface area contributed by atoms with Gasteiger partial charge < -0.3 is 10.3 Å². The molecule has 2 N–H and O–H groups in total. The summed E-state index contributed by atoms with van der Waals surface area (Å²) >= 11 is 5.60. The van der Waals surface area contributed by atoms with Crippen molar-refractivity contribution in [3.05, 3.63) is 10.9 Å². The van der Waals surface area contributed by atoms with Gasteiger partial charge in [0.2, 0.25) is 0 Å². The molecule has 0 spiro atoms. The van der Waals surface area contributed by atoms with E-state index in [1.807, 2.05) is 0 Å². The number of halogens is 1. The van der Waals surface area contributed by atoms with E-state index in [1.165, 1.54) is 12.8 Å². The van der Waals surface area contributed by atoms with Crippen molar-refractivity contribution in [1.82, 2.24) is 5.16 Å². The number of aromatic nitrogens is 1. The molecule has 0 saturated heterocycles. The summed E-state index contributed by atoms with van der Waals surface area (Å²) in [5.41, 5.74) is 6.10. The van der Waals surface area contributed by atoms with Crippen molar-refractivity contribution in [3.8, 4) is 0 Å². The fourth-order valence-electron chi connectivity index (χ4n) is 1.04. The highest BCUT2D eigenvalue weighted by atomic mass is 35.5. The van der Waals surface area contributed by atoms with Gasteiger partial charge in [-0.3, -0.25) is 0 Å². The van der Waals surface area contributed by atoms with E-state index < -0.39 is 0 Å². The van der Waals surface area contributed by atoms with Gasteiger partial charge in [-0.15, -0.1) is 0 Å². The summed E-state index contributed by atoms with van der Waals surface area (Å²) in [4.78, 5) is 0. The van der Waals surface area contributed by atoms with Crippen molar-refractivity contribution in [2.24, 2.45) is 5.92 Å². The van der Waals surface area contributed by atoms with Crippen molar-refractivity contribution in [1.29, 1.82) is 0 Å². The Balaban J connectivity index is 2.15. The molecular weight excluding hydrogens is 164 g/mol. The molecule has 60 valence electrons. The summed E-state index contributed by atoms with van der Waals surface area (Å²) in [7, 11) is 0. The quantitative estimate of drug-likeness (QED) is 0.741. The maximum atomic E-state index is 5.60. The minimum atomic E-state index is 0.292. The molecule has 0 unspecified atom stereocenters. The molecule has 1 saturated carbocycles. The molecular formula is C7H9ClN2O. The van der Waals surface area contributed by atoms with Crippen LogP contribution in [0.4, 0.5) is 5.69 Å². The molecule has 4 heteroatoms. The summed E-state index contributed by atoms with van der Waals surface area (Å²) in [6.45, 7) is 0. The lowest BCUT2D eigenvalue weighted by Gasteiger charge is -1.91. The van der Waals surface area contributed by atoms with E-state index in [9.17, 15) is 0 Å². The SMILES string of the molecule is Nc1c(Cl)noc1CC1CC1. The van der Waals surface area contributed by atoms with Gasteiger partial charge >= 0.3 is 0 Å². The van der Waals surface area contributed by atoms with Gasteiger partial charge in [0.1, 0.15) is 5.69 Å². The molecule has 0 aliphatic heterocycles. The van der Waals surface area contributed by atoms with Crippen LogP contribution in [-0.4, -0.2) is 5.16 Å². The lowest BCUT2D eigenvalue weighted by molar-refractivity contribution is 0.379. The summed E-state index contributed by atoms with van der Waals surface area (Å²) in [5, 5.41) is 3.85. The largest absolute Gasteiger partial charge is 0.393 e. The van der Waals surface area contributed by atoms with Crippen LogP contribution in [0.15, 0.2) is 4.52 Å². The Kier molecular flexibility index (Phi) is 1.53. The minimum Gasteiger partial charge on any atom is -0.393 e. The van der Waals surface area contributed by atoms with Gasteiger partial charge in [0.05, 0.1) is 0 Å². The number of nitrogens with two attached hydrogens (primary N) is 1. The number of nitrogen functional groups attached to an aromatic ring is 1. The lowest BCUT2D eigenvalue weighted by atomic mass is 10.2. The first-order chi connectivity index (χ1) is 5.27. The summed E-state index contributed by atoms with van der Waals surface area (Å²) in [6, 6.07) is 0. The monoisotopic (exact) mass is 172 g/mol. The predicted octanol–water partition coefficient (Wildman–Crippen LogP) is 1.86. The third kappa shape index (κ3) is 1.33. The molecule has 3 nitrogen and oxygen atoms in total. The van der Waals surface area contributed by atoms with Crippen molar-refractivity contribution in [3.63, 3.8) is 0 Å². The molecule has 1 aromatic rings. The second-order valence-corrected chi connectivity index (χ2v) is 3.32. The van der Waals surface area contributed by atoms with Gasteiger partial charge in [-0.1, -0.05) is 16.8 Å². The van der Waals surface area contributed by atoms with Crippen LogP contribution in [0.5, 0.6) is 0 Å². The van der Waals surface area contributed by atoms with Crippen LogP contribution in [0.1, 0.15) is 18.6 Å². The topological polar surface area (TPSA) is 52.0 Å². The zero-order chi connectivity index (χ0) is 7.84. The molecule has 0 atom stereocenters. The first-order valence-electron chi connectivity index (χ1n) is 3.67. The maximum Gasteiger partial charge on any atom is 0.195 e. The van der Waals surface area contributed by atoms with Crippen LogP contribution in [0.3, 0.4) is 0 Å². The number of hydrogen-bond acceptors (Lipinski definition) is 3. The van der Waals surface area contributed by atoms with Crippen LogP contribution in [-0.2, 0) is 6.42 Å². The Bertz CT molecular complexity index is 267. The molecule has 1 heterocycles. The van der Waals surface area contributed by atoms with Gasteiger partial charge in [-0.25, -0.2) is 0 Å². The predicted molar refractivity (Wildman–Crippen MR) is 42.4 cm³/mol. The molecule has 0 amide bonds. The highest BCUT2D eigenvalue weighted by Crippen LogP contribution is 2.35. The van der Waals surface area contributed by atoms with Crippen LogP contribution in [0.25, 0.3) is 0 Å². The fraction of sp³-hybridized carbons (Fsp3) is 0.571. The highest BCUT2D eigenvalue weighted by molar-refractivity contribution is 6.31. The average molecular weight is 173 g/mol. The Morgan fingerprint density at radius 3 is 2.82 bits per heavy atom. The summed E-state index contributed by atoms with van der Waals surface area (Å²) in [6.07, 6.45) is 3.45. The number of anilines is 1. The van der Waals surface area contributed by atoms with Crippen molar-refractivity contribution < 1.29 is 4.52 Å². The zero-order valence-electron chi connectivity index (χ0n) is 6.01. The number of rotatable bonds is 2. The Hall–Kier alpha value is -0.700. The van der Waals surface area contributed by atoms with E-state index in [1.54, 1.807) is 0 Å². The van der Waals surface area contributed by atoms with Gasteiger partial charge in [-0.2, -0.15) is 0 Å². The molecule has 1 aliphatic rings. The van der Waals surface area contributed by atoms with E-state index in [2.05, 4.69) is 5.16 Å². The maximum absolute atomic E-state index is 5.60. The number of hydrogen-bond donors (Lipinski definition) is 1. The standard InChI is InChI=1S/C7H9ClN2O/c8-7-6(9)5(11-10-7)3-4-1-2-4/h4H,1-3,9H2. The fourth-order valence-corrected chi connectivity index (χ4v) is 1.18. The summed E-state index contributed by atoms with van der Waals surface area (Å²) in [5.74, 6) is 1.50. The molecule has 0 aromatic carbocycles. The van der Waals surface area contributed by atoms with Gasteiger partial charge in [-0.05, 0) is 18.8 Å². The Labute approximate surface area is 69.5 Å². The van der Waals surface area contributed by atoms with E-state index >= 15 is 0 Å². The van der Waals surface area contributed by atoms with E-state index in [-0.39, 0.29) is 0 Å². The van der Waals surface area contributed by atoms with Crippen LogP contribution in [0, 0.1) is 5.92 Å². The van der Waals surface area contributed by atoms with Crippen LogP contribution >= 0.6 is 11.6 Å². The Morgan fingerprint density at radius 1 is 1.64 bits per heavy atom. The molecule has 2 rings (SSSR count). The van der Waals surface area contributed by atoms with Gasteiger partial charge in [0, 0.05) is 6.42 Å². The molecule has 0 bridgehead atoms. The third-order valence-electron chi connectivity index (χ3n) is 1.93. The second kappa shape index (κ2) is 2.41. The average Bonchev–Trinajstić information content (AvgIpc) is 2.74. The molecule has 1 fully saturated rings. The smallest absolute Gasteiger partial charge is 0.195 e. The molecule has 11 heavy (non-hydrogen) atoms. The lowest BCUT2D eigenvalue weighted by Crippen LogP contribution is -1.91. The normalized spacial score (nSPS) is 17.2. The first kappa shape index (κ1) is 6.98. The van der Waals surface area contributed by atoms with Gasteiger partial charge in [0.25, 0.3) is 0 Å². The highest BCUT2D eigenvalue weighted by Gasteiger charge is 2.25. The van der Waals surface area contributed by atoms with Crippen molar-refractivity contribution in [2.45, 2.75) is 19.3 Å². The van der Waals surface area contributed by atoms with Crippen molar-refractivity contribution in [2.75, 3.05) is 5.73 Å². The van der Waals surface area contributed by atoms with E-state index in [0.717, 1.165) is 18.1 Å². The zero-order valence-corrected chi connectivity index (χ0v) is 6.77. The first-order valence-corrected chi connectivity index (χ1v) is 4.04. The van der Waals surface area contributed by atoms with Crippen molar-refractivity contribution >= 4 is 17.3 Å². The number of nitrogens with zero attached hydrogens (tertiary/aromatic N) is 1. The second-order valence-electron chi connectivity index (χ2n) is 2.96. The summed E-state index contributed by atoms with van der Waals surface area (Å²) < 4.78 is 4.94. The Morgan fingerprint density at radius 2 is 2.36 bits per heavy atom. The minimum absolute atomic E-state index is 0.292. The molecule has 1 aromatic heterocycles. The molecule has 0 radical (unpaired) electrons. The van der Waals surface area contributed by atoms with E-state index in [0.29, 0.717) is 10.8 Å². The van der Waals surface area contributed by atoms with Crippen LogP contribution < -0.4 is 5.73 Å². The van der Waals surface area contributed by atoms with Gasteiger partial charge in [0.15, 0.2) is 10.9 Å². The van der Waals surface area contributed by atoms with E-state index in [4.69, 9.17) is 21.9 Å².